The number of carbonyl (C=O) groups excluding carboxylic acids is 1. The van der Waals surface area contributed by atoms with Crippen LogP contribution >= 0.6 is 0 Å². The molecule has 0 atom stereocenters. The zero-order chi connectivity index (χ0) is 14.6. The fourth-order valence-corrected chi connectivity index (χ4v) is 3.06. The molecular formula is C12H18N4O3S. The molecule has 1 amide bonds. The summed E-state index contributed by atoms with van der Waals surface area (Å²) in [7, 11) is -2.99. The van der Waals surface area contributed by atoms with Gasteiger partial charge in [-0.25, -0.2) is 18.4 Å². The lowest BCUT2D eigenvalue weighted by Crippen LogP contribution is -2.44. The third-order valence-electron chi connectivity index (χ3n) is 3.06. The third-order valence-corrected chi connectivity index (χ3v) is 4.67. The Bertz CT molecular complexity index is 557. The standard InChI is InChI=1S/C12H18N4O3S/c1-2-3-13-11-9-14-10(8-15-11)12(17)16-4-6-20(18,19)7-5-16/h8-9H,2-7H2,1H3,(H,13,15). The average molecular weight is 298 g/mol. The molecule has 1 aromatic heterocycles. The molecule has 0 aromatic carbocycles. The highest BCUT2D eigenvalue weighted by atomic mass is 32.2. The fraction of sp³-hybridized carbons (Fsp3) is 0.583. The fourth-order valence-electron chi connectivity index (χ4n) is 1.86. The van der Waals surface area contributed by atoms with Gasteiger partial charge in [-0.2, -0.15) is 0 Å². The van der Waals surface area contributed by atoms with E-state index in [-0.39, 0.29) is 36.2 Å². The Labute approximate surface area is 118 Å². The predicted octanol–water partition coefficient (Wildman–Crippen LogP) is 0.169. The number of hydrogen-bond donors (Lipinski definition) is 1. The molecule has 0 saturated carbocycles. The Hall–Kier alpha value is -1.70. The smallest absolute Gasteiger partial charge is 0.274 e. The van der Waals surface area contributed by atoms with E-state index in [2.05, 4.69) is 15.3 Å². The summed E-state index contributed by atoms with van der Waals surface area (Å²) in [6.45, 7) is 3.28. The van der Waals surface area contributed by atoms with E-state index in [1.54, 1.807) is 0 Å². The first-order chi connectivity index (χ1) is 9.52. The number of sulfone groups is 1. The number of anilines is 1. The summed E-state index contributed by atoms with van der Waals surface area (Å²) in [5.74, 6) is 0.393. The van der Waals surface area contributed by atoms with Gasteiger partial charge in [0, 0.05) is 19.6 Å². The topological polar surface area (TPSA) is 92.3 Å². The molecule has 0 unspecified atom stereocenters. The minimum absolute atomic E-state index is 0.0162. The van der Waals surface area contributed by atoms with E-state index in [1.165, 1.54) is 17.3 Å². The van der Waals surface area contributed by atoms with Crippen LogP contribution in [-0.2, 0) is 9.84 Å². The van der Waals surface area contributed by atoms with Gasteiger partial charge in [0.1, 0.15) is 11.5 Å². The van der Waals surface area contributed by atoms with Crippen molar-refractivity contribution in [2.24, 2.45) is 0 Å². The van der Waals surface area contributed by atoms with Gasteiger partial charge >= 0.3 is 0 Å². The highest BCUT2D eigenvalue weighted by Gasteiger charge is 2.26. The van der Waals surface area contributed by atoms with E-state index in [9.17, 15) is 13.2 Å². The second kappa shape index (κ2) is 6.17. The minimum atomic E-state index is -2.99. The SMILES string of the molecule is CCCNc1cnc(C(=O)N2CCS(=O)(=O)CC2)cn1. The van der Waals surface area contributed by atoms with Crippen LogP contribution in [-0.4, -0.2) is 60.3 Å². The summed E-state index contributed by atoms with van der Waals surface area (Å²) in [5.41, 5.74) is 0.242. The molecule has 2 heterocycles. The van der Waals surface area contributed by atoms with Crippen LogP contribution in [0.2, 0.25) is 0 Å². The van der Waals surface area contributed by atoms with E-state index >= 15 is 0 Å². The number of amides is 1. The molecule has 1 N–H and O–H groups in total. The quantitative estimate of drug-likeness (QED) is 0.852. The highest BCUT2D eigenvalue weighted by molar-refractivity contribution is 7.91. The first kappa shape index (κ1) is 14.7. The van der Waals surface area contributed by atoms with E-state index < -0.39 is 9.84 Å². The molecule has 20 heavy (non-hydrogen) atoms. The molecule has 110 valence electrons. The molecule has 1 fully saturated rings. The number of hydrogen-bond acceptors (Lipinski definition) is 6. The molecule has 1 aliphatic heterocycles. The number of carbonyl (C=O) groups is 1. The van der Waals surface area contributed by atoms with Gasteiger partial charge in [-0.05, 0) is 6.42 Å². The summed E-state index contributed by atoms with van der Waals surface area (Å²) in [5, 5.41) is 3.07. The number of aromatic nitrogens is 2. The lowest BCUT2D eigenvalue weighted by molar-refractivity contribution is 0.0764. The lowest BCUT2D eigenvalue weighted by Gasteiger charge is -2.26. The van der Waals surface area contributed by atoms with Crippen LogP contribution in [0.1, 0.15) is 23.8 Å². The molecule has 7 nitrogen and oxygen atoms in total. The molecule has 2 rings (SSSR count). The zero-order valence-electron chi connectivity index (χ0n) is 11.4. The number of nitrogens with one attached hydrogen (secondary N) is 1. The van der Waals surface area contributed by atoms with Crippen LogP contribution in [0.3, 0.4) is 0 Å². The molecular weight excluding hydrogens is 280 g/mol. The molecule has 1 aromatic rings. The molecule has 1 saturated heterocycles. The van der Waals surface area contributed by atoms with Crippen molar-refractivity contribution in [1.29, 1.82) is 0 Å². The Morgan fingerprint density at radius 2 is 2.00 bits per heavy atom. The third kappa shape index (κ3) is 3.66. The summed E-state index contributed by atoms with van der Waals surface area (Å²) in [4.78, 5) is 21.8. The summed E-state index contributed by atoms with van der Waals surface area (Å²) in [6.07, 6.45) is 3.91. The predicted molar refractivity (Wildman–Crippen MR) is 75.4 cm³/mol. The minimum Gasteiger partial charge on any atom is -0.369 e. The van der Waals surface area contributed by atoms with Crippen molar-refractivity contribution in [3.05, 3.63) is 18.1 Å². The highest BCUT2D eigenvalue weighted by Crippen LogP contribution is 2.09. The van der Waals surface area contributed by atoms with Crippen LogP contribution < -0.4 is 5.32 Å². The maximum absolute atomic E-state index is 12.1. The molecule has 0 aliphatic carbocycles. The van der Waals surface area contributed by atoms with Gasteiger partial charge in [0.15, 0.2) is 9.84 Å². The first-order valence-corrected chi connectivity index (χ1v) is 8.39. The van der Waals surface area contributed by atoms with Gasteiger partial charge in [-0.15, -0.1) is 0 Å². The van der Waals surface area contributed by atoms with Crippen LogP contribution in [0.25, 0.3) is 0 Å². The van der Waals surface area contributed by atoms with Crippen molar-refractivity contribution >= 4 is 21.6 Å². The normalized spacial score (nSPS) is 17.8. The second-order valence-corrected chi connectivity index (χ2v) is 6.96. The number of nitrogens with zero attached hydrogens (tertiary/aromatic N) is 3. The Morgan fingerprint density at radius 1 is 1.30 bits per heavy atom. The van der Waals surface area contributed by atoms with Gasteiger partial charge in [0.25, 0.3) is 5.91 Å². The van der Waals surface area contributed by atoms with Gasteiger partial charge in [-0.1, -0.05) is 6.92 Å². The van der Waals surface area contributed by atoms with Crippen molar-refractivity contribution in [3.63, 3.8) is 0 Å². The van der Waals surface area contributed by atoms with E-state index in [0.717, 1.165) is 13.0 Å². The van der Waals surface area contributed by atoms with Crippen LogP contribution in [0, 0.1) is 0 Å². The molecule has 0 bridgehead atoms. The van der Waals surface area contributed by atoms with Crippen molar-refractivity contribution in [3.8, 4) is 0 Å². The second-order valence-electron chi connectivity index (χ2n) is 4.66. The van der Waals surface area contributed by atoms with Crippen LogP contribution in [0.15, 0.2) is 12.4 Å². The largest absolute Gasteiger partial charge is 0.369 e. The van der Waals surface area contributed by atoms with Gasteiger partial charge in [-0.3, -0.25) is 4.79 Å². The molecule has 0 radical (unpaired) electrons. The monoisotopic (exact) mass is 298 g/mol. The van der Waals surface area contributed by atoms with E-state index in [0.29, 0.717) is 5.82 Å². The maximum Gasteiger partial charge on any atom is 0.274 e. The summed E-state index contributed by atoms with van der Waals surface area (Å²) < 4.78 is 22.7. The summed E-state index contributed by atoms with van der Waals surface area (Å²) in [6, 6.07) is 0. The van der Waals surface area contributed by atoms with Crippen LogP contribution in [0.5, 0.6) is 0 Å². The van der Waals surface area contributed by atoms with E-state index in [4.69, 9.17) is 0 Å². The van der Waals surface area contributed by atoms with Gasteiger partial charge in [0.2, 0.25) is 0 Å². The van der Waals surface area contributed by atoms with Crippen molar-refractivity contribution in [2.45, 2.75) is 13.3 Å². The number of rotatable bonds is 4. The van der Waals surface area contributed by atoms with Gasteiger partial charge in [0.05, 0.1) is 23.9 Å². The van der Waals surface area contributed by atoms with Gasteiger partial charge < -0.3 is 10.2 Å². The van der Waals surface area contributed by atoms with Crippen molar-refractivity contribution < 1.29 is 13.2 Å². The first-order valence-electron chi connectivity index (χ1n) is 6.57. The van der Waals surface area contributed by atoms with E-state index in [1.807, 2.05) is 6.92 Å². The Balaban J connectivity index is 1.99. The zero-order valence-corrected chi connectivity index (χ0v) is 12.2. The summed E-state index contributed by atoms with van der Waals surface area (Å²) >= 11 is 0. The molecule has 8 heteroatoms. The Morgan fingerprint density at radius 3 is 2.55 bits per heavy atom. The Kier molecular flexibility index (Phi) is 4.53. The van der Waals surface area contributed by atoms with Crippen molar-refractivity contribution in [1.82, 2.24) is 14.9 Å². The average Bonchev–Trinajstić information content (AvgIpc) is 2.45. The molecule has 1 aliphatic rings. The maximum atomic E-state index is 12.1. The molecule has 0 spiro atoms. The van der Waals surface area contributed by atoms with Crippen LogP contribution in [0.4, 0.5) is 5.82 Å². The lowest BCUT2D eigenvalue weighted by atomic mass is 10.3. The van der Waals surface area contributed by atoms with Crippen molar-refractivity contribution in [2.75, 3.05) is 36.5 Å².